The van der Waals surface area contributed by atoms with E-state index in [0.29, 0.717) is 17.2 Å². The molecule has 0 aliphatic carbocycles. The largest absolute Gasteiger partial charge is 0.382 e. The Morgan fingerprint density at radius 1 is 1.16 bits per heavy atom. The molecule has 0 saturated carbocycles. The van der Waals surface area contributed by atoms with Gasteiger partial charge in [0.1, 0.15) is 5.52 Å². The molecule has 0 radical (unpaired) electrons. The number of benzene rings is 1. The van der Waals surface area contributed by atoms with Gasteiger partial charge in [0, 0.05) is 12.6 Å². The predicted octanol–water partition coefficient (Wildman–Crippen LogP) is 2.17. The first kappa shape index (κ1) is 11.6. The third-order valence-electron chi connectivity index (χ3n) is 3.21. The molecular formula is C14H15N5. The maximum Gasteiger partial charge on any atom is 0.165 e. The molecule has 2 N–H and O–H groups in total. The highest BCUT2D eigenvalue weighted by molar-refractivity contribution is 5.83. The van der Waals surface area contributed by atoms with Crippen LogP contribution in [-0.2, 0) is 13.5 Å². The fraction of sp³-hybridized carbons (Fsp3) is 0.214. The molecule has 2 heterocycles. The molecule has 0 atom stereocenters. The number of hydrogen-bond acceptors (Lipinski definition) is 4. The number of nitrogens with zero attached hydrogens (tertiary/aromatic N) is 4. The Balaban J connectivity index is 2.15. The van der Waals surface area contributed by atoms with Gasteiger partial charge in [0.25, 0.3) is 0 Å². The molecular weight excluding hydrogens is 238 g/mol. The van der Waals surface area contributed by atoms with Gasteiger partial charge in [0.15, 0.2) is 17.3 Å². The molecule has 0 saturated heterocycles. The Kier molecular flexibility index (Phi) is 2.67. The van der Waals surface area contributed by atoms with Gasteiger partial charge in [-0.1, -0.05) is 31.2 Å². The summed E-state index contributed by atoms with van der Waals surface area (Å²) in [7, 11) is 1.89. The van der Waals surface area contributed by atoms with Crippen LogP contribution in [0.2, 0.25) is 0 Å². The predicted molar refractivity (Wildman–Crippen MR) is 75.5 cm³/mol. The minimum Gasteiger partial charge on any atom is -0.382 e. The maximum absolute atomic E-state index is 5.94. The molecule has 0 bridgehead atoms. The van der Waals surface area contributed by atoms with E-state index in [1.807, 2.05) is 23.7 Å². The van der Waals surface area contributed by atoms with Gasteiger partial charge in [0.2, 0.25) is 0 Å². The molecule has 96 valence electrons. The number of nitrogens with two attached hydrogens (primary N) is 1. The van der Waals surface area contributed by atoms with Crippen LogP contribution in [0.25, 0.3) is 22.6 Å². The Bertz CT molecular complexity index is 727. The molecule has 0 aliphatic rings. The topological polar surface area (TPSA) is 69.6 Å². The van der Waals surface area contributed by atoms with Gasteiger partial charge in [-0.25, -0.2) is 15.0 Å². The molecule has 5 nitrogen and oxygen atoms in total. The minimum absolute atomic E-state index is 0.417. The van der Waals surface area contributed by atoms with Crippen molar-refractivity contribution in [3.8, 4) is 11.4 Å². The number of aromatic nitrogens is 4. The van der Waals surface area contributed by atoms with Crippen LogP contribution in [0, 0.1) is 0 Å². The minimum atomic E-state index is 0.417. The van der Waals surface area contributed by atoms with Crippen LogP contribution in [0.5, 0.6) is 0 Å². The molecule has 0 amide bonds. The summed E-state index contributed by atoms with van der Waals surface area (Å²) < 4.78 is 1.84. The van der Waals surface area contributed by atoms with E-state index in [1.165, 1.54) is 5.56 Å². The molecule has 19 heavy (non-hydrogen) atoms. The smallest absolute Gasteiger partial charge is 0.165 e. The highest BCUT2D eigenvalue weighted by Crippen LogP contribution is 2.22. The Morgan fingerprint density at radius 2 is 1.89 bits per heavy atom. The zero-order chi connectivity index (χ0) is 13.4. The van der Waals surface area contributed by atoms with E-state index in [4.69, 9.17) is 5.73 Å². The molecule has 0 spiro atoms. The fourth-order valence-corrected chi connectivity index (χ4v) is 2.05. The van der Waals surface area contributed by atoms with Crippen molar-refractivity contribution in [2.75, 3.05) is 5.73 Å². The van der Waals surface area contributed by atoms with E-state index in [-0.39, 0.29) is 0 Å². The third kappa shape index (κ3) is 1.93. The normalized spacial score (nSPS) is 11.1. The summed E-state index contributed by atoms with van der Waals surface area (Å²) in [5.41, 5.74) is 9.59. The lowest BCUT2D eigenvalue weighted by molar-refractivity contribution is 0.929. The van der Waals surface area contributed by atoms with E-state index in [2.05, 4.69) is 34.0 Å². The van der Waals surface area contributed by atoms with Crippen molar-refractivity contribution in [1.29, 1.82) is 0 Å². The average molecular weight is 253 g/mol. The van der Waals surface area contributed by atoms with Crippen molar-refractivity contribution >= 4 is 17.0 Å². The van der Waals surface area contributed by atoms with E-state index >= 15 is 0 Å². The van der Waals surface area contributed by atoms with Crippen molar-refractivity contribution in [1.82, 2.24) is 19.5 Å². The van der Waals surface area contributed by atoms with Gasteiger partial charge in [-0.3, -0.25) is 0 Å². The van der Waals surface area contributed by atoms with E-state index in [9.17, 15) is 0 Å². The lowest BCUT2D eigenvalue weighted by Gasteiger charge is -2.04. The van der Waals surface area contributed by atoms with E-state index in [1.54, 1.807) is 6.33 Å². The number of nitrogen functional groups attached to an aromatic ring is 1. The van der Waals surface area contributed by atoms with Crippen LogP contribution in [0.3, 0.4) is 0 Å². The molecule has 0 unspecified atom stereocenters. The van der Waals surface area contributed by atoms with Crippen LogP contribution in [0.1, 0.15) is 12.5 Å². The highest BCUT2D eigenvalue weighted by atomic mass is 15.1. The van der Waals surface area contributed by atoms with Crippen LogP contribution in [0.4, 0.5) is 5.82 Å². The lowest BCUT2D eigenvalue weighted by Crippen LogP contribution is -1.99. The van der Waals surface area contributed by atoms with Crippen molar-refractivity contribution in [2.24, 2.45) is 7.05 Å². The van der Waals surface area contributed by atoms with Crippen LogP contribution in [0.15, 0.2) is 30.6 Å². The molecule has 0 fully saturated rings. The van der Waals surface area contributed by atoms with E-state index < -0.39 is 0 Å². The van der Waals surface area contributed by atoms with E-state index in [0.717, 1.165) is 17.6 Å². The molecule has 1 aromatic carbocycles. The van der Waals surface area contributed by atoms with Crippen molar-refractivity contribution < 1.29 is 0 Å². The summed E-state index contributed by atoms with van der Waals surface area (Å²) in [5, 5.41) is 0. The number of anilines is 1. The van der Waals surface area contributed by atoms with Gasteiger partial charge in [-0.15, -0.1) is 0 Å². The summed E-state index contributed by atoms with van der Waals surface area (Å²) >= 11 is 0. The fourth-order valence-electron chi connectivity index (χ4n) is 2.05. The van der Waals surface area contributed by atoms with Gasteiger partial charge < -0.3 is 10.3 Å². The number of hydrogen-bond donors (Lipinski definition) is 1. The van der Waals surface area contributed by atoms with Crippen LogP contribution in [-0.4, -0.2) is 19.5 Å². The summed E-state index contributed by atoms with van der Waals surface area (Å²) in [6.45, 7) is 2.13. The zero-order valence-corrected chi connectivity index (χ0v) is 11.0. The zero-order valence-electron chi connectivity index (χ0n) is 11.0. The number of imidazole rings is 1. The third-order valence-corrected chi connectivity index (χ3v) is 3.21. The maximum atomic E-state index is 5.94. The van der Waals surface area contributed by atoms with Gasteiger partial charge in [0.05, 0.1) is 6.33 Å². The Morgan fingerprint density at radius 3 is 2.58 bits per heavy atom. The second kappa shape index (κ2) is 4.35. The van der Waals surface area contributed by atoms with Crippen LogP contribution < -0.4 is 5.73 Å². The highest BCUT2D eigenvalue weighted by Gasteiger charge is 2.10. The van der Waals surface area contributed by atoms with Crippen molar-refractivity contribution in [2.45, 2.75) is 13.3 Å². The Labute approximate surface area is 111 Å². The number of rotatable bonds is 2. The quantitative estimate of drug-likeness (QED) is 0.760. The lowest BCUT2D eigenvalue weighted by atomic mass is 10.1. The Hall–Kier alpha value is -2.43. The molecule has 5 heteroatoms. The second-order valence-corrected chi connectivity index (χ2v) is 4.51. The van der Waals surface area contributed by atoms with Crippen molar-refractivity contribution in [3.63, 3.8) is 0 Å². The first-order valence-electron chi connectivity index (χ1n) is 6.23. The summed E-state index contributed by atoms with van der Waals surface area (Å²) in [4.78, 5) is 13.1. The van der Waals surface area contributed by atoms with Gasteiger partial charge in [-0.2, -0.15) is 0 Å². The summed E-state index contributed by atoms with van der Waals surface area (Å²) in [5.74, 6) is 1.05. The van der Waals surface area contributed by atoms with Crippen molar-refractivity contribution in [3.05, 3.63) is 36.2 Å². The molecule has 3 aromatic rings. The first-order valence-corrected chi connectivity index (χ1v) is 6.23. The number of fused-ring (bicyclic) bond motifs is 1. The molecule has 0 aliphatic heterocycles. The molecule has 2 aromatic heterocycles. The summed E-state index contributed by atoms with van der Waals surface area (Å²) in [6.07, 6.45) is 2.71. The molecule has 3 rings (SSSR count). The van der Waals surface area contributed by atoms with Gasteiger partial charge in [-0.05, 0) is 12.0 Å². The summed E-state index contributed by atoms with van der Waals surface area (Å²) in [6, 6.07) is 8.22. The van der Waals surface area contributed by atoms with Crippen LogP contribution >= 0.6 is 0 Å². The number of aryl methyl sites for hydroxylation is 2. The standard InChI is InChI=1S/C14H15N5/c1-3-9-4-6-10(7-5-9)13-17-12(15)11-14(18-13)19(2)8-16-11/h4-8H,3H2,1-2H3,(H2,15,17,18). The SMILES string of the molecule is CCc1ccc(-c2nc(N)c3ncn(C)c3n2)cc1. The average Bonchev–Trinajstić information content (AvgIpc) is 2.81. The second-order valence-electron chi connectivity index (χ2n) is 4.51. The van der Waals surface area contributed by atoms with Gasteiger partial charge >= 0.3 is 0 Å². The first-order chi connectivity index (χ1) is 9.19. The monoisotopic (exact) mass is 253 g/mol.